The van der Waals surface area contributed by atoms with Crippen LogP contribution in [0.15, 0.2) is 12.8 Å². The van der Waals surface area contributed by atoms with Gasteiger partial charge in [0.2, 0.25) is 0 Å². The first kappa shape index (κ1) is 10.6. The van der Waals surface area contributed by atoms with Gasteiger partial charge in [-0.1, -0.05) is 6.58 Å². The van der Waals surface area contributed by atoms with Crippen LogP contribution in [0.3, 0.4) is 0 Å². The van der Waals surface area contributed by atoms with Crippen LogP contribution in [-0.2, 0) is 4.74 Å². The molecule has 1 rings (SSSR count). The van der Waals surface area contributed by atoms with Gasteiger partial charge in [0.1, 0.15) is 5.76 Å². The number of hydrogen-bond acceptors (Lipinski definition) is 3. The Bertz CT molecular complexity index is 328. The van der Waals surface area contributed by atoms with E-state index in [4.69, 9.17) is 10.5 Å². The van der Waals surface area contributed by atoms with Crippen molar-refractivity contribution >= 4 is 11.6 Å². The van der Waals surface area contributed by atoms with E-state index in [-0.39, 0.29) is 0 Å². The summed E-state index contributed by atoms with van der Waals surface area (Å²) in [6.07, 6.45) is 1.86. The maximum Gasteiger partial charge on any atom is 0.156 e. The number of rotatable bonds is 4. The van der Waals surface area contributed by atoms with E-state index < -0.39 is 0 Å². The molecule has 0 spiro atoms. The number of nitrogens with zero attached hydrogens (tertiary/aromatic N) is 2. The summed E-state index contributed by atoms with van der Waals surface area (Å²) in [4.78, 5) is 0. The summed E-state index contributed by atoms with van der Waals surface area (Å²) in [7, 11) is 0. The van der Waals surface area contributed by atoms with Crippen molar-refractivity contribution in [2.45, 2.75) is 26.8 Å². The van der Waals surface area contributed by atoms with Crippen LogP contribution in [0.25, 0.3) is 5.76 Å². The normalized spacial score (nSPS) is 10.6. The lowest BCUT2D eigenvalue weighted by Gasteiger charge is -2.04. The van der Waals surface area contributed by atoms with Gasteiger partial charge in [-0.3, -0.25) is 4.68 Å². The van der Waals surface area contributed by atoms with E-state index in [2.05, 4.69) is 11.7 Å². The fraction of sp³-hybridized carbons (Fsp3) is 0.500. The first-order valence-electron chi connectivity index (χ1n) is 4.73. The summed E-state index contributed by atoms with van der Waals surface area (Å²) in [5.74, 6) is 1.05. The van der Waals surface area contributed by atoms with Gasteiger partial charge in [0, 0.05) is 12.2 Å². The molecule has 0 bridgehead atoms. The SMILES string of the molecule is C=C(OCC)c1cn(C(C)C)nc1N. The Morgan fingerprint density at radius 1 is 1.71 bits per heavy atom. The highest BCUT2D eigenvalue weighted by atomic mass is 16.5. The largest absolute Gasteiger partial charge is 0.494 e. The second kappa shape index (κ2) is 4.17. The Hall–Kier alpha value is -1.45. The quantitative estimate of drug-likeness (QED) is 0.748. The zero-order valence-corrected chi connectivity index (χ0v) is 8.95. The molecular formula is C10H17N3O. The van der Waals surface area contributed by atoms with Gasteiger partial charge in [-0.05, 0) is 20.8 Å². The number of hydrogen-bond donors (Lipinski definition) is 1. The number of anilines is 1. The molecule has 1 aromatic heterocycles. The van der Waals surface area contributed by atoms with Gasteiger partial charge in [0.15, 0.2) is 5.82 Å². The van der Waals surface area contributed by atoms with Gasteiger partial charge in [0.25, 0.3) is 0 Å². The predicted molar refractivity (Wildman–Crippen MR) is 57.7 cm³/mol. The Kier molecular flexibility index (Phi) is 3.17. The molecule has 0 aromatic carbocycles. The first-order valence-corrected chi connectivity index (χ1v) is 4.73. The average molecular weight is 195 g/mol. The highest BCUT2D eigenvalue weighted by molar-refractivity contribution is 5.66. The van der Waals surface area contributed by atoms with Gasteiger partial charge < -0.3 is 10.5 Å². The van der Waals surface area contributed by atoms with Gasteiger partial charge in [0.05, 0.1) is 12.2 Å². The zero-order chi connectivity index (χ0) is 10.7. The lowest BCUT2D eigenvalue weighted by atomic mass is 10.3. The molecule has 0 atom stereocenters. The van der Waals surface area contributed by atoms with Crippen molar-refractivity contribution < 1.29 is 4.74 Å². The highest BCUT2D eigenvalue weighted by Gasteiger charge is 2.11. The summed E-state index contributed by atoms with van der Waals surface area (Å²) in [5.41, 5.74) is 6.52. The number of ether oxygens (including phenoxy) is 1. The minimum absolute atomic E-state index is 0.292. The first-order chi connectivity index (χ1) is 6.56. The monoisotopic (exact) mass is 195 g/mol. The van der Waals surface area contributed by atoms with Crippen LogP contribution in [0.5, 0.6) is 0 Å². The summed E-state index contributed by atoms with van der Waals surface area (Å²) in [5, 5.41) is 4.17. The third-order valence-corrected chi connectivity index (χ3v) is 1.91. The molecule has 1 aromatic rings. The summed E-state index contributed by atoms with van der Waals surface area (Å²) < 4.78 is 7.07. The maximum atomic E-state index is 5.74. The summed E-state index contributed by atoms with van der Waals surface area (Å²) in [6.45, 7) is 10.4. The molecular weight excluding hydrogens is 178 g/mol. The molecule has 4 nitrogen and oxygen atoms in total. The van der Waals surface area contributed by atoms with Gasteiger partial charge >= 0.3 is 0 Å². The van der Waals surface area contributed by atoms with E-state index in [1.165, 1.54) is 0 Å². The number of nitrogens with two attached hydrogens (primary N) is 1. The second-order valence-electron chi connectivity index (χ2n) is 3.36. The van der Waals surface area contributed by atoms with Gasteiger partial charge in [-0.2, -0.15) is 5.10 Å². The molecule has 1 heterocycles. The van der Waals surface area contributed by atoms with Crippen molar-refractivity contribution in [2.24, 2.45) is 0 Å². The molecule has 0 aliphatic rings. The van der Waals surface area contributed by atoms with E-state index in [9.17, 15) is 0 Å². The molecule has 0 saturated carbocycles. The molecule has 2 N–H and O–H groups in total. The number of aromatic nitrogens is 2. The van der Waals surface area contributed by atoms with Crippen molar-refractivity contribution in [2.75, 3.05) is 12.3 Å². The molecule has 0 fully saturated rings. The second-order valence-corrected chi connectivity index (χ2v) is 3.36. The van der Waals surface area contributed by atoms with Crippen LogP contribution in [0.1, 0.15) is 32.4 Å². The average Bonchev–Trinajstić information content (AvgIpc) is 2.48. The topological polar surface area (TPSA) is 53.1 Å². The Labute approximate surface area is 84.4 Å². The standard InChI is InChI=1S/C10H17N3O/c1-5-14-8(4)9-6-13(7(2)3)12-10(9)11/h6-7H,4-5H2,1-3H3,(H2,11,12). The van der Waals surface area contributed by atoms with E-state index in [1.807, 2.05) is 27.0 Å². The van der Waals surface area contributed by atoms with E-state index >= 15 is 0 Å². The molecule has 0 unspecified atom stereocenters. The Morgan fingerprint density at radius 3 is 2.79 bits per heavy atom. The van der Waals surface area contributed by atoms with Crippen LogP contribution in [-0.4, -0.2) is 16.4 Å². The predicted octanol–water partition coefficient (Wildman–Crippen LogP) is 2.05. The molecule has 0 aliphatic carbocycles. The van der Waals surface area contributed by atoms with E-state index in [0.717, 1.165) is 5.56 Å². The molecule has 78 valence electrons. The molecule has 0 amide bonds. The molecule has 0 radical (unpaired) electrons. The van der Waals surface area contributed by atoms with Crippen molar-refractivity contribution in [1.29, 1.82) is 0 Å². The minimum Gasteiger partial charge on any atom is -0.494 e. The van der Waals surface area contributed by atoms with Crippen LogP contribution in [0.2, 0.25) is 0 Å². The zero-order valence-electron chi connectivity index (χ0n) is 8.95. The van der Waals surface area contributed by atoms with Crippen LogP contribution in [0, 0.1) is 0 Å². The molecule has 4 heteroatoms. The third-order valence-electron chi connectivity index (χ3n) is 1.91. The smallest absolute Gasteiger partial charge is 0.156 e. The van der Waals surface area contributed by atoms with Gasteiger partial charge in [-0.25, -0.2) is 0 Å². The van der Waals surface area contributed by atoms with Crippen molar-refractivity contribution in [1.82, 2.24) is 9.78 Å². The van der Waals surface area contributed by atoms with Crippen molar-refractivity contribution in [3.05, 3.63) is 18.3 Å². The maximum absolute atomic E-state index is 5.74. The van der Waals surface area contributed by atoms with E-state index in [0.29, 0.717) is 24.2 Å². The Morgan fingerprint density at radius 2 is 2.36 bits per heavy atom. The Balaban J connectivity index is 2.92. The van der Waals surface area contributed by atoms with Gasteiger partial charge in [-0.15, -0.1) is 0 Å². The molecule has 14 heavy (non-hydrogen) atoms. The minimum atomic E-state index is 0.292. The fourth-order valence-corrected chi connectivity index (χ4v) is 1.14. The third kappa shape index (κ3) is 2.07. The highest BCUT2D eigenvalue weighted by Crippen LogP contribution is 2.21. The van der Waals surface area contributed by atoms with E-state index in [1.54, 1.807) is 4.68 Å². The summed E-state index contributed by atoms with van der Waals surface area (Å²) >= 11 is 0. The van der Waals surface area contributed by atoms with Crippen molar-refractivity contribution in [3.8, 4) is 0 Å². The van der Waals surface area contributed by atoms with Crippen LogP contribution >= 0.6 is 0 Å². The lowest BCUT2D eigenvalue weighted by Crippen LogP contribution is -2.01. The fourth-order valence-electron chi connectivity index (χ4n) is 1.14. The molecule has 0 aliphatic heterocycles. The summed E-state index contributed by atoms with van der Waals surface area (Å²) in [6, 6.07) is 0.292. The molecule has 0 saturated heterocycles. The van der Waals surface area contributed by atoms with Crippen molar-refractivity contribution in [3.63, 3.8) is 0 Å². The lowest BCUT2D eigenvalue weighted by molar-refractivity contribution is 0.299. The van der Waals surface area contributed by atoms with Crippen LogP contribution < -0.4 is 5.73 Å². The van der Waals surface area contributed by atoms with Crippen LogP contribution in [0.4, 0.5) is 5.82 Å². The number of nitrogen functional groups attached to an aromatic ring is 1.